The molecule has 11 nitrogen and oxygen atoms in total. The molecule has 13 unspecified atom stereocenters. The van der Waals surface area contributed by atoms with Crippen LogP contribution >= 0.6 is 0 Å². The number of hydrogen-bond donors (Lipinski definition) is 7. The molecule has 14 bridgehead atoms. The van der Waals surface area contributed by atoms with E-state index in [1.807, 2.05) is 26.1 Å². The summed E-state index contributed by atoms with van der Waals surface area (Å²) in [5.74, 6) is 2.55. The zero-order valence-electron chi connectivity index (χ0n) is 47.4. The summed E-state index contributed by atoms with van der Waals surface area (Å²) in [4.78, 5) is 30.6. The van der Waals surface area contributed by atoms with Gasteiger partial charge in [-0.3, -0.25) is 0 Å². The molecule has 0 radical (unpaired) electrons. The highest BCUT2D eigenvalue weighted by Gasteiger charge is 2.69. The van der Waals surface area contributed by atoms with Gasteiger partial charge in [-0.2, -0.15) is 0 Å². The lowest BCUT2D eigenvalue weighted by molar-refractivity contribution is -0.135. The average Bonchev–Trinajstić information content (AvgIpc) is 4.31. The number of fused-ring (bicyclic) bond motifs is 6. The van der Waals surface area contributed by atoms with E-state index in [-0.39, 0.29) is 59.0 Å². The number of nitrogens with one attached hydrogen (secondary N) is 5. The van der Waals surface area contributed by atoms with Crippen LogP contribution < -0.4 is 26.6 Å². The molecule has 4 aromatic rings. The van der Waals surface area contributed by atoms with E-state index in [4.69, 9.17) is 9.47 Å². The number of rotatable bonds is 10. The molecule has 5 heterocycles. The summed E-state index contributed by atoms with van der Waals surface area (Å²) in [6.07, 6.45) is 16.3. The van der Waals surface area contributed by atoms with Gasteiger partial charge in [0.05, 0.1) is 23.3 Å². The first-order chi connectivity index (χ1) is 39.0. The lowest BCUT2D eigenvalue weighted by atomic mass is 9.44. The summed E-state index contributed by atoms with van der Waals surface area (Å²) in [7, 11) is 4.10. The number of cyclic esters (lactones) is 1. The highest BCUT2D eigenvalue weighted by atomic mass is 16.6. The van der Waals surface area contributed by atoms with Crippen molar-refractivity contribution < 1.29 is 29.3 Å². The van der Waals surface area contributed by atoms with Gasteiger partial charge in [-0.05, 0) is 245 Å². The van der Waals surface area contributed by atoms with E-state index >= 15 is 9.59 Å². The van der Waals surface area contributed by atoms with Crippen molar-refractivity contribution in [1.82, 2.24) is 26.6 Å². The molecule has 420 valence electrons. The van der Waals surface area contributed by atoms with E-state index in [1.165, 1.54) is 28.7 Å². The minimum Gasteiger partial charge on any atom is -0.508 e. The molecule has 5 fully saturated rings. The third-order valence-electron chi connectivity index (χ3n) is 21.4. The average molecular weight is 1080 g/mol. The SMILES string of the molecule is CCC(C=C1OC(=O)C2=C3c4cc(O)ccc4-c4cccc(c4)CNCCc4cc(CNC)cc(c4)C(NCC(C)O)C4CCC5(CC=C6OC(=O)C7=C6CCC6C3CCC12C76)C1CC(NC)NCC1CCC45)Cc1ccccc1. The third kappa shape index (κ3) is 9.27. The standard InChI is InChI=1S/C69H83N5O6/c1-5-41(28-42-10-7-6-8-11-42)33-59-69-26-21-51-52-17-18-54-58(79-66(77)62(54)63(52)69)22-25-68-24-20-53(56(68)19-14-47-39-73-60(71-4)35-57(47)68)65(74-36-40(2)75)48-30-43(29-45(32-48)37-70-3)23-27-72-38-44-12-9-13-46(31-44)50-16-15-49(76)34-55(50)61(51)64(69)67(78)80-59/h6-13,15-16,22,29-34,40-41,47,51-53,56-57,60,63,65,70-76H,5,14,17-21,23-28,35-39H2,1-4H3. The van der Waals surface area contributed by atoms with Crippen LogP contribution in [-0.4, -0.2) is 68.2 Å². The van der Waals surface area contributed by atoms with E-state index < -0.39 is 11.5 Å². The summed E-state index contributed by atoms with van der Waals surface area (Å²) >= 11 is 0. The van der Waals surface area contributed by atoms with Gasteiger partial charge < -0.3 is 46.3 Å². The van der Waals surface area contributed by atoms with Crippen LogP contribution in [0.3, 0.4) is 0 Å². The van der Waals surface area contributed by atoms with Crippen molar-refractivity contribution in [3.63, 3.8) is 0 Å². The van der Waals surface area contributed by atoms with Crippen molar-refractivity contribution in [3.8, 4) is 16.9 Å². The number of hydrogen-bond acceptors (Lipinski definition) is 11. The summed E-state index contributed by atoms with van der Waals surface area (Å²) in [6.45, 7) is 7.84. The molecule has 1 spiro atoms. The number of ether oxygens (including phenoxy) is 2. The second-order valence-electron chi connectivity index (χ2n) is 25.6. The number of aromatic hydroxyl groups is 1. The van der Waals surface area contributed by atoms with Crippen molar-refractivity contribution in [2.45, 2.75) is 129 Å². The number of phenols is 1. The molecular weight excluding hydrogens is 995 g/mol. The van der Waals surface area contributed by atoms with E-state index in [2.05, 4.69) is 126 Å². The first kappa shape index (κ1) is 53.6. The van der Waals surface area contributed by atoms with Crippen molar-refractivity contribution in [3.05, 3.63) is 165 Å². The highest BCUT2D eigenvalue weighted by molar-refractivity contribution is 6.07. The minimum atomic E-state index is -0.889. The Bertz CT molecular complexity index is 3180. The molecule has 0 aromatic heterocycles. The Hall–Kier alpha value is -5.66. The summed E-state index contributed by atoms with van der Waals surface area (Å²) in [5, 5.41) is 41.2. The lowest BCUT2D eigenvalue weighted by Gasteiger charge is -2.56. The minimum absolute atomic E-state index is 0.0321. The van der Waals surface area contributed by atoms with E-state index in [9.17, 15) is 10.2 Å². The van der Waals surface area contributed by atoms with Crippen LogP contribution in [-0.2, 0) is 45.0 Å². The Morgan fingerprint density at radius 3 is 2.52 bits per heavy atom. The smallest absolute Gasteiger partial charge is 0.340 e. The predicted octanol–water partition coefficient (Wildman–Crippen LogP) is 10.7. The lowest BCUT2D eigenvalue weighted by Crippen LogP contribution is -2.57. The maximum absolute atomic E-state index is 15.3. The van der Waals surface area contributed by atoms with Gasteiger partial charge in [0.15, 0.2) is 0 Å². The fourth-order valence-electron chi connectivity index (χ4n) is 18.1. The molecule has 4 aromatic carbocycles. The Kier molecular flexibility index (Phi) is 14.7. The largest absolute Gasteiger partial charge is 0.508 e. The van der Waals surface area contributed by atoms with Crippen molar-refractivity contribution in [2.24, 2.45) is 58.2 Å². The molecule has 6 aliphatic carbocycles. The Balaban J connectivity index is 0.994. The third-order valence-corrected chi connectivity index (χ3v) is 21.4. The van der Waals surface area contributed by atoms with Crippen LogP contribution in [0, 0.1) is 58.2 Å². The molecule has 11 heteroatoms. The van der Waals surface area contributed by atoms with Crippen molar-refractivity contribution in [1.29, 1.82) is 0 Å². The highest BCUT2D eigenvalue weighted by Crippen LogP contribution is 2.73. The zero-order chi connectivity index (χ0) is 54.9. The normalized spacial score (nSPS) is 32.8. The number of piperidine rings is 1. The van der Waals surface area contributed by atoms with Gasteiger partial charge in [-0.25, -0.2) is 9.59 Å². The second-order valence-corrected chi connectivity index (χ2v) is 25.6. The van der Waals surface area contributed by atoms with Gasteiger partial charge in [0.25, 0.3) is 0 Å². The molecule has 11 aliphatic rings. The molecule has 80 heavy (non-hydrogen) atoms. The number of esters is 2. The molecular formula is C69H83N5O6. The first-order valence-electron chi connectivity index (χ1n) is 30.6. The molecule has 2 saturated heterocycles. The van der Waals surface area contributed by atoms with E-state index in [0.717, 1.165) is 135 Å². The summed E-state index contributed by atoms with van der Waals surface area (Å²) in [5.41, 5.74) is 11.6. The molecule has 0 amide bonds. The van der Waals surface area contributed by atoms with Gasteiger partial charge in [-0.15, -0.1) is 0 Å². The van der Waals surface area contributed by atoms with Gasteiger partial charge >= 0.3 is 11.9 Å². The molecule has 15 rings (SSSR count). The first-order valence-corrected chi connectivity index (χ1v) is 30.6. The topological polar surface area (TPSA) is 153 Å². The van der Waals surface area contributed by atoms with Gasteiger partial charge in [0.2, 0.25) is 0 Å². The maximum Gasteiger partial charge on any atom is 0.340 e. The number of aliphatic hydroxyl groups excluding tert-OH is 1. The van der Waals surface area contributed by atoms with Crippen LogP contribution in [0.25, 0.3) is 16.7 Å². The Morgan fingerprint density at radius 1 is 0.825 bits per heavy atom. The fourth-order valence-corrected chi connectivity index (χ4v) is 18.1. The number of carbonyl (C=O) groups is 2. The number of benzene rings is 4. The summed E-state index contributed by atoms with van der Waals surface area (Å²) < 4.78 is 13.5. The van der Waals surface area contributed by atoms with Gasteiger partial charge in [0, 0.05) is 42.7 Å². The number of aliphatic hydroxyl groups is 1. The summed E-state index contributed by atoms with van der Waals surface area (Å²) in [6, 6.07) is 32.2. The Morgan fingerprint density at radius 2 is 1.70 bits per heavy atom. The van der Waals surface area contributed by atoms with Gasteiger partial charge in [-0.1, -0.05) is 79.7 Å². The molecule has 13 atom stereocenters. The van der Waals surface area contributed by atoms with Crippen molar-refractivity contribution in [2.75, 3.05) is 33.7 Å². The quantitative estimate of drug-likeness (QED) is 0.0760. The van der Waals surface area contributed by atoms with Crippen molar-refractivity contribution >= 4 is 17.5 Å². The van der Waals surface area contributed by atoms with E-state index in [0.29, 0.717) is 54.5 Å². The molecule has 5 aliphatic heterocycles. The Labute approximate surface area is 473 Å². The number of phenolic OH excluding ortho intramolecular Hbond substituents is 1. The molecule has 7 N–H and O–H groups in total. The molecule has 3 saturated carbocycles. The second kappa shape index (κ2) is 21.9. The van der Waals surface area contributed by atoms with Crippen LogP contribution in [0.5, 0.6) is 5.75 Å². The fraction of sp³-hybridized carbons (Fsp3) is 0.507. The van der Waals surface area contributed by atoms with E-state index in [1.54, 1.807) is 6.07 Å². The number of allylic oxidation sites excluding steroid dienone is 5. The predicted molar refractivity (Wildman–Crippen MR) is 313 cm³/mol. The van der Waals surface area contributed by atoms with Crippen LogP contribution in [0.1, 0.15) is 124 Å². The van der Waals surface area contributed by atoms with Crippen LogP contribution in [0.4, 0.5) is 0 Å². The van der Waals surface area contributed by atoms with Crippen LogP contribution in [0.2, 0.25) is 0 Å². The maximum atomic E-state index is 15.3. The van der Waals surface area contributed by atoms with Crippen LogP contribution in [0.15, 0.2) is 131 Å². The zero-order valence-corrected chi connectivity index (χ0v) is 47.4. The van der Waals surface area contributed by atoms with Gasteiger partial charge in [0.1, 0.15) is 17.3 Å². The number of carbonyl (C=O) groups excluding carboxylic acids is 2. The monoisotopic (exact) mass is 1080 g/mol.